The summed E-state index contributed by atoms with van der Waals surface area (Å²) in [5.74, 6) is 0.624. The highest BCUT2D eigenvalue weighted by Gasteiger charge is 2.52. The van der Waals surface area contributed by atoms with Gasteiger partial charge in [-0.05, 0) is 48.2 Å². The Morgan fingerprint density at radius 1 is 0.963 bits per heavy atom. The van der Waals surface area contributed by atoms with Gasteiger partial charge in [0, 0.05) is 0 Å². The Morgan fingerprint density at radius 3 is 2.19 bits per heavy atom. The molecular weight excluding hydrogens is 346 g/mol. The van der Waals surface area contributed by atoms with Gasteiger partial charge in [0.2, 0.25) is 5.91 Å². The number of carbonyl (C=O) groups is 2. The average molecular weight is 369 g/mol. The predicted molar refractivity (Wildman–Crippen MR) is 99.8 cm³/mol. The number of rotatable bonds is 7. The first kappa shape index (κ1) is 18.8. The predicted octanol–water partition coefficient (Wildman–Crippen LogP) is 2.77. The van der Waals surface area contributed by atoms with Crippen LogP contribution in [0.5, 0.6) is 11.5 Å². The van der Waals surface area contributed by atoms with Gasteiger partial charge in [0.15, 0.2) is 6.04 Å². The molecule has 0 spiro atoms. The third kappa shape index (κ3) is 3.74. The first-order valence-corrected chi connectivity index (χ1v) is 8.71. The molecule has 1 saturated carbocycles. The van der Waals surface area contributed by atoms with Crippen molar-refractivity contribution in [3.63, 3.8) is 0 Å². The molecule has 0 bridgehead atoms. The van der Waals surface area contributed by atoms with E-state index in [0.717, 1.165) is 24.2 Å². The van der Waals surface area contributed by atoms with Crippen LogP contribution in [0.2, 0.25) is 0 Å². The number of methoxy groups -OCH3 is 3. The minimum Gasteiger partial charge on any atom is -0.497 e. The van der Waals surface area contributed by atoms with Crippen LogP contribution in [0.1, 0.15) is 30.0 Å². The van der Waals surface area contributed by atoms with Gasteiger partial charge in [0.1, 0.15) is 11.5 Å². The zero-order valence-corrected chi connectivity index (χ0v) is 15.7. The molecule has 2 aromatic rings. The summed E-state index contributed by atoms with van der Waals surface area (Å²) in [4.78, 5) is 25.4. The minimum atomic E-state index is -0.895. The van der Waals surface area contributed by atoms with Crippen molar-refractivity contribution in [2.24, 2.45) is 0 Å². The Hall–Kier alpha value is -3.02. The highest BCUT2D eigenvalue weighted by molar-refractivity contribution is 5.94. The van der Waals surface area contributed by atoms with Crippen molar-refractivity contribution in [2.75, 3.05) is 21.3 Å². The monoisotopic (exact) mass is 369 g/mol. The number of hydrogen-bond acceptors (Lipinski definition) is 5. The van der Waals surface area contributed by atoms with Crippen molar-refractivity contribution in [1.29, 1.82) is 0 Å². The number of amides is 1. The molecule has 1 fully saturated rings. The largest absolute Gasteiger partial charge is 0.497 e. The number of hydrogen-bond donors (Lipinski definition) is 1. The van der Waals surface area contributed by atoms with Gasteiger partial charge < -0.3 is 19.5 Å². The fourth-order valence-corrected chi connectivity index (χ4v) is 3.17. The van der Waals surface area contributed by atoms with Crippen molar-refractivity contribution in [3.8, 4) is 11.5 Å². The fraction of sp³-hybridized carbons (Fsp3) is 0.333. The van der Waals surface area contributed by atoms with E-state index >= 15 is 0 Å². The van der Waals surface area contributed by atoms with E-state index in [1.165, 1.54) is 7.11 Å². The Bertz CT molecular complexity index is 827. The summed E-state index contributed by atoms with van der Waals surface area (Å²) in [7, 11) is 4.45. The second-order valence-corrected chi connectivity index (χ2v) is 6.52. The van der Waals surface area contributed by atoms with Crippen LogP contribution in [0.15, 0.2) is 48.5 Å². The number of nitrogens with one attached hydrogen (secondary N) is 1. The van der Waals surface area contributed by atoms with E-state index < -0.39 is 17.4 Å². The van der Waals surface area contributed by atoms with Crippen LogP contribution < -0.4 is 14.8 Å². The lowest BCUT2D eigenvalue weighted by molar-refractivity contribution is -0.145. The van der Waals surface area contributed by atoms with E-state index in [-0.39, 0.29) is 5.91 Å². The Kier molecular flexibility index (Phi) is 5.35. The lowest BCUT2D eigenvalue weighted by atomic mass is 9.94. The van der Waals surface area contributed by atoms with E-state index in [9.17, 15) is 9.59 Å². The summed E-state index contributed by atoms with van der Waals surface area (Å²) >= 11 is 0. The first-order chi connectivity index (χ1) is 13.0. The lowest BCUT2D eigenvalue weighted by Gasteiger charge is -2.22. The van der Waals surface area contributed by atoms with E-state index in [1.54, 1.807) is 38.5 Å². The van der Waals surface area contributed by atoms with Gasteiger partial charge in [-0.1, -0.05) is 24.3 Å². The molecule has 3 rings (SSSR count). The van der Waals surface area contributed by atoms with E-state index in [1.807, 2.05) is 24.3 Å². The molecule has 27 heavy (non-hydrogen) atoms. The molecule has 142 valence electrons. The minimum absolute atomic E-state index is 0.189. The standard InChI is InChI=1S/C21H23NO5/c1-25-16-9-7-15(8-10-16)21(11-12-21)20(24)22-18(19(23)27-3)14-5-4-6-17(13-14)26-2/h4-10,13,18H,11-12H2,1-3H3,(H,22,24). The van der Waals surface area contributed by atoms with E-state index in [2.05, 4.69) is 5.32 Å². The summed E-state index contributed by atoms with van der Waals surface area (Å²) in [6, 6.07) is 13.6. The molecule has 1 aliphatic rings. The highest BCUT2D eigenvalue weighted by atomic mass is 16.5. The average Bonchev–Trinajstić information content (AvgIpc) is 3.53. The maximum absolute atomic E-state index is 13.1. The number of carbonyl (C=O) groups excluding carboxylic acids is 2. The number of esters is 1. The topological polar surface area (TPSA) is 73.9 Å². The second-order valence-electron chi connectivity index (χ2n) is 6.52. The Labute approximate surface area is 158 Å². The summed E-state index contributed by atoms with van der Waals surface area (Å²) in [5.41, 5.74) is 0.910. The molecule has 1 N–H and O–H groups in total. The molecule has 0 saturated heterocycles. The molecule has 1 aliphatic carbocycles. The molecule has 1 amide bonds. The van der Waals surface area contributed by atoms with Crippen molar-refractivity contribution in [2.45, 2.75) is 24.3 Å². The van der Waals surface area contributed by atoms with Gasteiger partial charge in [-0.15, -0.1) is 0 Å². The van der Waals surface area contributed by atoms with Crippen LogP contribution in [-0.2, 0) is 19.7 Å². The third-order valence-electron chi connectivity index (χ3n) is 4.97. The Morgan fingerprint density at radius 2 is 1.63 bits per heavy atom. The molecule has 6 nitrogen and oxygen atoms in total. The van der Waals surface area contributed by atoms with Crippen LogP contribution in [0.25, 0.3) is 0 Å². The van der Waals surface area contributed by atoms with E-state index in [4.69, 9.17) is 14.2 Å². The molecule has 0 aromatic heterocycles. The summed E-state index contributed by atoms with van der Waals surface area (Å²) < 4.78 is 15.3. The maximum atomic E-state index is 13.1. The molecule has 1 atom stereocenters. The van der Waals surface area contributed by atoms with Crippen molar-refractivity contribution in [1.82, 2.24) is 5.32 Å². The van der Waals surface area contributed by atoms with Gasteiger partial charge in [-0.2, -0.15) is 0 Å². The van der Waals surface area contributed by atoms with E-state index in [0.29, 0.717) is 11.3 Å². The molecule has 0 aliphatic heterocycles. The molecule has 0 radical (unpaired) electrons. The van der Waals surface area contributed by atoms with Gasteiger partial charge in [-0.3, -0.25) is 4.79 Å². The molecular formula is C21H23NO5. The SMILES string of the molecule is COC(=O)C(NC(=O)C1(c2ccc(OC)cc2)CC1)c1cccc(OC)c1. The van der Waals surface area contributed by atoms with Crippen LogP contribution in [-0.4, -0.2) is 33.2 Å². The smallest absolute Gasteiger partial charge is 0.333 e. The third-order valence-corrected chi connectivity index (χ3v) is 4.97. The van der Waals surface area contributed by atoms with Crippen LogP contribution >= 0.6 is 0 Å². The molecule has 6 heteroatoms. The van der Waals surface area contributed by atoms with Gasteiger partial charge in [0.05, 0.1) is 26.7 Å². The van der Waals surface area contributed by atoms with Crippen LogP contribution in [0.3, 0.4) is 0 Å². The van der Waals surface area contributed by atoms with Crippen LogP contribution in [0.4, 0.5) is 0 Å². The molecule has 0 heterocycles. The summed E-state index contributed by atoms with van der Waals surface area (Å²) in [6.07, 6.45) is 1.47. The highest BCUT2D eigenvalue weighted by Crippen LogP contribution is 2.49. The van der Waals surface area contributed by atoms with Crippen molar-refractivity contribution < 1.29 is 23.8 Å². The zero-order valence-electron chi connectivity index (χ0n) is 15.7. The summed E-state index contributed by atoms with van der Waals surface area (Å²) in [6.45, 7) is 0. The quantitative estimate of drug-likeness (QED) is 0.760. The zero-order chi connectivity index (χ0) is 19.4. The lowest BCUT2D eigenvalue weighted by Crippen LogP contribution is -2.40. The van der Waals surface area contributed by atoms with Crippen molar-refractivity contribution >= 4 is 11.9 Å². The molecule has 1 unspecified atom stereocenters. The normalized spacial score (nSPS) is 15.4. The fourth-order valence-electron chi connectivity index (χ4n) is 3.17. The number of ether oxygens (including phenoxy) is 3. The van der Waals surface area contributed by atoms with Crippen LogP contribution in [0, 0.1) is 0 Å². The second kappa shape index (κ2) is 7.70. The van der Waals surface area contributed by atoms with Gasteiger partial charge >= 0.3 is 5.97 Å². The maximum Gasteiger partial charge on any atom is 0.333 e. The van der Waals surface area contributed by atoms with Gasteiger partial charge in [0.25, 0.3) is 0 Å². The first-order valence-electron chi connectivity index (χ1n) is 8.71. The van der Waals surface area contributed by atoms with Crippen molar-refractivity contribution in [3.05, 3.63) is 59.7 Å². The van der Waals surface area contributed by atoms with Gasteiger partial charge in [-0.25, -0.2) is 4.79 Å². The Balaban J connectivity index is 1.84. The number of benzene rings is 2. The molecule has 2 aromatic carbocycles. The summed E-state index contributed by atoms with van der Waals surface area (Å²) in [5, 5.41) is 2.86.